The van der Waals surface area contributed by atoms with Crippen LogP contribution in [0.2, 0.25) is 0 Å². The highest BCUT2D eigenvalue weighted by molar-refractivity contribution is 5.96. The summed E-state index contributed by atoms with van der Waals surface area (Å²) in [5.74, 6) is -0.325. The molecule has 0 unspecified atom stereocenters. The molecular weight excluding hydrogens is 220 g/mol. The SMILES string of the molecule is Cn1cc(N)c(C(=O)NCc2cccnn2)n1. The molecule has 0 aliphatic heterocycles. The Labute approximate surface area is 97.6 Å². The smallest absolute Gasteiger partial charge is 0.274 e. The van der Waals surface area contributed by atoms with Gasteiger partial charge in [0.15, 0.2) is 5.69 Å². The summed E-state index contributed by atoms with van der Waals surface area (Å²) in [6.07, 6.45) is 3.15. The first-order chi connectivity index (χ1) is 8.16. The van der Waals surface area contributed by atoms with Gasteiger partial charge in [-0.2, -0.15) is 15.3 Å². The second-order valence-corrected chi connectivity index (χ2v) is 3.50. The Hall–Kier alpha value is -2.44. The molecule has 0 bridgehead atoms. The summed E-state index contributed by atoms with van der Waals surface area (Å²) >= 11 is 0. The number of nitrogen functional groups attached to an aromatic ring is 1. The van der Waals surface area contributed by atoms with E-state index in [9.17, 15) is 4.79 Å². The van der Waals surface area contributed by atoms with Gasteiger partial charge in [0, 0.05) is 19.4 Å². The van der Waals surface area contributed by atoms with Gasteiger partial charge < -0.3 is 11.1 Å². The van der Waals surface area contributed by atoms with Crippen LogP contribution in [0, 0.1) is 0 Å². The van der Waals surface area contributed by atoms with E-state index in [0.29, 0.717) is 17.9 Å². The molecule has 0 aliphatic carbocycles. The summed E-state index contributed by atoms with van der Waals surface area (Å²) in [5, 5.41) is 14.2. The molecule has 2 rings (SSSR count). The van der Waals surface area contributed by atoms with Crippen LogP contribution in [0.4, 0.5) is 5.69 Å². The molecular formula is C10H12N6O. The van der Waals surface area contributed by atoms with Crippen LogP contribution in [-0.2, 0) is 13.6 Å². The number of amides is 1. The van der Waals surface area contributed by atoms with Crippen LogP contribution in [0.15, 0.2) is 24.5 Å². The average molecular weight is 232 g/mol. The molecule has 0 spiro atoms. The Morgan fingerprint density at radius 1 is 1.59 bits per heavy atom. The standard InChI is InChI=1S/C10H12N6O/c1-16-6-8(11)9(15-16)10(17)12-5-7-3-2-4-13-14-7/h2-4,6H,5,11H2,1H3,(H,12,17). The third-order valence-electron chi connectivity index (χ3n) is 2.13. The summed E-state index contributed by atoms with van der Waals surface area (Å²) in [7, 11) is 1.70. The summed E-state index contributed by atoms with van der Waals surface area (Å²) in [6.45, 7) is 0.294. The minimum Gasteiger partial charge on any atom is -0.396 e. The molecule has 7 nitrogen and oxygen atoms in total. The van der Waals surface area contributed by atoms with E-state index in [1.165, 1.54) is 4.68 Å². The molecule has 0 aromatic carbocycles. The molecule has 0 radical (unpaired) electrons. The molecule has 0 atom stereocenters. The highest BCUT2D eigenvalue weighted by Gasteiger charge is 2.13. The van der Waals surface area contributed by atoms with Gasteiger partial charge >= 0.3 is 0 Å². The molecule has 1 amide bonds. The lowest BCUT2D eigenvalue weighted by molar-refractivity contribution is 0.0945. The molecule has 7 heteroatoms. The van der Waals surface area contributed by atoms with E-state index in [0.717, 1.165) is 0 Å². The van der Waals surface area contributed by atoms with E-state index in [-0.39, 0.29) is 11.6 Å². The van der Waals surface area contributed by atoms with E-state index < -0.39 is 0 Å². The summed E-state index contributed by atoms with van der Waals surface area (Å²) < 4.78 is 1.49. The number of hydrogen-bond acceptors (Lipinski definition) is 5. The van der Waals surface area contributed by atoms with Crippen molar-refractivity contribution in [2.45, 2.75) is 6.54 Å². The van der Waals surface area contributed by atoms with E-state index >= 15 is 0 Å². The number of carbonyl (C=O) groups excluding carboxylic acids is 1. The molecule has 3 N–H and O–H groups in total. The number of carbonyl (C=O) groups is 1. The first kappa shape index (κ1) is 11.1. The lowest BCUT2D eigenvalue weighted by Gasteiger charge is -2.02. The van der Waals surface area contributed by atoms with Crippen LogP contribution < -0.4 is 11.1 Å². The Morgan fingerprint density at radius 3 is 3.00 bits per heavy atom. The Bertz CT molecular complexity index is 521. The monoisotopic (exact) mass is 232 g/mol. The third-order valence-corrected chi connectivity index (χ3v) is 2.13. The minimum atomic E-state index is -0.325. The summed E-state index contributed by atoms with van der Waals surface area (Å²) in [5.41, 5.74) is 6.89. The molecule has 2 aromatic heterocycles. The Kier molecular flexibility index (Phi) is 2.99. The van der Waals surface area contributed by atoms with Crippen LogP contribution >= 0.6 is 0 Å². The Morgan fingerprint density at radius 2 is 2.41 bits per heavy atom. The third kappa shape index (κ3) is 2.57. The highest BCUT2D eigenvalue weighted by Crippen LogP contribution is 2.07. The number of hydrogen-bond donors (Lipinski definition) is 2. The molecule has 0 saturated carbocycles. The predicted octanol–water partition coefficient (Wildman–Crippen LogP) is -0.278. The summed E-state index contributed by atoms with van der Waals surface area (Å²) in [4.78, 5) is 11.7. The van der Waals surface area contributed by atoms with Crippen molar-refractivity contribution >= 4 is 11.6 Å². The number of aromatic nitrogens is 4. The molecule has 0 aliphatic rings. The van der Waals surface area contributed by atoms with Gasteiger partial charge in [-0.25, -0.2) is 0 Å². The van der Waals surface area contributed by atoms with E-state index in [4.69, 9.17) is 5.73 Å². The number of aryl methyl sites for hydroxylation is 1. The van der Waals surface area contributed by atoms with Crippen LogP contribution in [0.5, 0.6) is 0 Å². The maximum absolute atomic E-state index is 11.7. The van der Waals surface area contributed by atoms with Gasteiger partial charge in [-0.3, -0.25) is 9.48 Å². The second-order valence-electron chi connectivity index (χ2n) is 3.50. The van der Waals surface area contributed by atoms with Crippen molar-refractivity contribution in [1.29, 1.82) is 0 Å². The molecule has 0 saturated heterocycles. The zero-order valence-corrected chi connectivity index (χ0v) is 9.29. The van der Waals surface area contributed by atoms with E-state index in [2.05, 4.69) is 20.6 Å². The fraction of sp³-hybridized carbons (Fsp3) is 0.200. The lowest BCUT2D eigenvalue weighted by Crippen LogP contribution is -2.24. The topological polar surface area (TPSA) is 98.7 Å². The summed E-state index contributed by atoms with van der Waals surface area (Å²) in [6, 6.07) is 3.53. The quantitative estimate of drug-likeness (QED) is 0.758. The van der Waals surface area contributed by atoms with Crippen LogP contribution in [0.1, 0.15) is 16.2 Å². The predicted molar refractivity (Wildman–Crippen MR) is 60.8 cm³/mol. The second kappa shape index (κ2) is 4.60. The first-order valence-electron chi connectivity index (χ1n) is 5.00. The number of anilines is 1. The van der Waals surface area contributed by atoms with Crippen molar-refractivity contribution in [2.24, 2.45) is 7.05 Å². The van der Waals surface area contributed by atoms with Gasteiger partial charge in [-0.15, -0.1) is 0 Å². The normalized spacial score (nSPS) is 10.2. The largest absolute Gasteiger partial charge is 0.396 e. The van der Waals surface area contributed by atoms with Crippen molar-refractivity contribution in [1.82, 2.24) is 25.3 Å². The molecule has 2 aromatic rings. The van der Waals surface area contributed by atoms with Crippen molar-refractivity contribution in [3.63, 3.8) is 0 Å². The van der Waals surface area contributed by atoms with E-state index in [1.807, 2.05) is 0 Å². The zero-order chi connectivity index (χ0) is 12.3. The van der Waals surface area contributed by atoms with Crippen LogP contribution in [0.3, 0.4) is 0 Å². The molecule has 2 heterocycles. The number of nitrogens with zero attached hydrogens (tertiary/aromatic N) is 4. The van der Waals surface area contributed by atoms with Gasteiger partial charge in [0.25, 0.3) is 5.91 Å². The van der Waals surface area contributed by atoms with Gasteiger partial charge in [-0.1, -0.05) is 0 Å². The van der Waals surface area contributed by atoms with Crippen molar-refractivity contribution < 1.29 is 4.79 Å². The number of nitrogens with one attached hydrogen (secondary N) is 1. The van der Waals surface area contributed by atoms with Gasteiger partial charge in [0.05, 0.1) is 17.9 Å². The molecule has 88 valence electrons. The van der Waals surface area contributed by atoms with Gasteiger partial charge in [0.2, 0.25) is 0 Å². The van der Waals surface area contributed by atoms with Gasteiger partial charge in [-0.05, 0) is 12.1 Å². The van der Waals surface area contributed by atoms with Crippen molar-refractivity contribution in [2.75, 3.05) is 5.73 Å². The minimum absolute atomic E-state index is 0.219. The molecule has 0 fully saturated rings. The van der Waals surface area contributed by atoms with E-state index in [1.54, 1.807) is 31.6 Å². The van der Waals surface area contributed by atoms with Crippen LogP contribution in [0.25, 0.3) is 0 Å². The van der Waals surface area contributed by atoms with Gasteiger partial charge in [0.1, 0.15) is 0 Å². The fourth-order valence-electron chi connectivity index (χ4n) is 1.37. The lowest BCUT2D eigenvalue weighted by atomic mass is 10.3. The maximum atomic E-state index is 11.7. The van der Waals surface area contributed by atoms with Crippen LogP contribution in [-0.4, -0.2) is 25.9 Å². The first-order valence-corrected chi connectivity index (χ1v) is 5.00. The molecule has 17 heavy (non-hydrogen) atoms. The Balaban J connectivity index is 2.01. The number of nitrogens with two attached hydrogens (primary N) is 1. The van der Waals surface area contributed by atoms with Crippen molar-refractivity contribution in [3.8, 4) is 0 Å². The highest BCUT2D eigenvalue weighted by atomic mass is 16.2. The zero-order valence-electron chi connectivity index (χ0n) is 9.29. The average Bonchev–Trinajstić information content (AvgIpc) is 2.67. The number of rotatable bonds is 3. The maximum Gasteiger partial charge on any atom is 0.274 e. The fourth-order valence-corrected chi connectivity index (χ4v) is 1.37. The van der Waals surface area contributed by atoms with Crippen molar-refractivity contribution in [3.05, 3.63) is 35.9 Å².